The van der Waals surface area contributed by atoms with E-state index >= 15 is 0 Å². The standard InChI is InChI=1S/C22H21N3O2/c1-24-21(26)19(15-8-3-2-4-9-15)20(22(24)27)17-14-25(13-7-12-23)18-11-6-5-10-16(17)18/h2-6,8-11,14H,7,12-13,23H2,1H3. The Bertz CT molecular complexity index is 1060. The average Bonchev–Trinajstić information content (AvgIpc) is 3.17. The smallest absolute Gasteiger partial charge is 0.261 e. The Labute approximate surface area is 157 Å². The van der Waals surface area contributed by atoms with Crippen LogP contribution in [0.25, 0.3) is 22.0 Å². The van der Waals surface area contributed by atoms with Crippen molar-refractivity contribution in [2.45, 2.75) is 13.0 Å². The van der Waals surface area contributed by atoms with Gasteiger partial charge in [0.2, 0.25) is 0 Å². The molecule has 1 aliphatic heterocycles. The van der Waals surface area contributed by atoms with Crippen LogP contribution in [0.3, 0.4) is 0 Å². The van der Waals surface area contributed by atoms with Crippen LogP contribution in [0.15, 0.2) is 60.8 Å². The Morgan fingerprint density at radius 1 is 0.889 bits per heavy atom. The summed E-state index contributed by atoms with van der Waals surface area (Å²) in [5, 5.41) is 0.967. The summed E-state index contributed by atoms with van der Waals surface area (Å²) < 4.78 is 2.11. The third-order valence-electron chi connectivity index (χ3n) is 5.01. The minimum Gasteiger partial charge on any atom is -0.347 e. The van der Waals surface area contributed by atoms with Crippen molar-refractivity contribution >= 4 is 33.9 Å². The highest BCUT2D eigenvalue weighted by atomic mass is 16.2. The SMILES string of the molecule is CN1C(=O)C(c2ccccc2)=C(c2cn(CCCN)c3ccccc23)C1=O. The van der Waals surface area contributed by atoms with E-state index in [2.05, 4.69) is 4.57 Å². The number of nitrogens with zero attached hydrogens (tertiary/aromatic N) is 2. The van der Waals surface area contributed by atoms with Gasteiger partial charge in [0.15, 0.2) is 0 Å². The monoisotopic (exact) mass is 359 g/mol. The van der Waals surface area contributed by atoms with Crippen LogP contribution in [0.1, 0.15) is 17.5 Å². The Morgan fingerprint density at radius 2 is 1.56 bits per heavy atom. The van der Waals surface area contributed by atoms with E-state index in [9.17, 15) is 9.59 Å². The molecule has 3 aromatic rings. The molecule has 0 saturated carbocycles. The van der Waals surface area contributed by atoms with Gasteiger partial charge >= 0.3 is 0 Å². The lowest BCUT2D eigenvalue weighted by molar-refractivity contribution is -0.134. The zero-order valence-corrected chi connectivity index (χ0v) is 15.2. The van der Waals surface area contributed by atoms with Crippen molar-refractivity contribution in [2.24, 2.45) is 5.73 Å². The minimum atomic E-state index is -0.264. The molecule has 5 nitrogen and oxygen atoms in total. The fourth-order valence-electron chi connectivity index (χ4n) is 3.66. The summed E-state index contributed by atoms with van der Waals surface area (Å²) in [7, 11) is 1.54. The van der Waals surface area contributed by atoms with Gasteiger partial charge in [0, 0.05) is 36.3 Å². The largest absolute Gasteiger partial charge is 0.347 e. The number of aromatic nitrogens is 1. The molecule has 136 valence electrons. The molecule has 0 fully saturated rings. The number of amides is 2. The van der Waals surface area contributed by atoms with Gasteiger partial charge < -0.3 is 10.3 Å². The first-order valence-electron chi connectivity index (χ1n) is 9.04. The van der Waals surface area contributed by atoms with Gasteiger partial charge in [0.05, 0.1) is 11.1 Å². The molecule has 1 aromatic heterocycles. The predicted octanol–water partition coefficient (Wildman–Crippen LogP) is 2.90. The Morgan fingerprint density at radius 3 is 2.30 bits per heavy atom. The molecule has 2 N–H and O–H groups in total. The second-order valence-electron chi connectivity index (χ2n) is 6.68. The van der Waals surface area contributed by atoms with Crippen LogP contribution in [0.4, 0.5) is 0 Å². The van der Waals surface area contributed by atoms with Gasteiger partial charge in [-0.25, -0.2) is 0 Å². The molecule has 1 aliphatic rings. The summed E-state index contributed by atoms with van der Waals surface area (Å²) in [4.78, 5) is 27.0. The van der Waals surface area contributed by atoms with Crippen LogP contribution < -0.4 is 5.73 Å². The number of aryl methyl sites for hydroxylation is 1. The molecule has 0 unspecified atom stereocenters. The van der Waals surface area contributed by atoms with Crippen LogP contribution in [0.2, 0.25) is 0 Å². The zero-order valence-electron chi connectivity index (χ0n) is 15.2. The van der Waals surface area contributed by atoms with Gasteiger partial charge in [-0.3, -0.25) is 14.5 Å². The third-order valence-corrected chi connectivity index (χ3v) is 5.01. The number of rotatable bonds is 5. The number of para-hydroxylation sites is 1. The number of benzene rings is 2. The summed E-state index contributed by atoms with van der Waals surface area (Å²) in [6, 6.07) is 17.3. The van der Waals surface area contributed by atoms with Crippen molar-refractivity contribution in [3.05, 3.63) is 71.9 Å². The summed E-state index contributed by atoms with van der Waals surface area (Å²) >= 11 is 0. The molecule has 0 radical (unpaired) electrons. The number of fused-ring (bicyclic) bond motifs is 1. The van der Waals surface area contributed by atoms with E-state index in [0.717, 1.165) is 35.0 Å². The average molecular weight is 359 g/mol. The maximum absolute atomic E-state index is 13.0. The van der Waals surface area contributed by atoms with E-state index < -0.39 is 0 Å². The first-order chi connectivity index (χ1) is 13.1. The zero-order chi connectivity index (χ0) is 19.0. The van der Waals surface area contributed by atoms with Crippen LogP contribution >= 0.6 is 0 Å². The summed E-state index contributed by atoms with van der Waals surface area (Å²) in [6.07, 6.45) is 2.82. The Balaban J connectivity index is 1.99. The van der Waals surface area contributed by atoms with Crippen LogP contribution in [0, 0.1) is 0 Å². The second-order valence-corrected chi connectivity index (χ2v) is 6.68. The summed E-state index contributed by atoms with van der Waals surface area (Å²) in [5.41, 5.74) is 9.20. The molecule has 2 heterocycles. The fourth-order valence-corrected chi connectivity index (χ4v) is 3.66. The van der Waals surface area contributed by atoms with Gasteiger partial charge in [-0.1, -0.05) is 48.5 Å². The number of hydrogen-bond donors (Lipinski definition) is 1. The highest BCUT2D eigenvalue weighted by Crippen LogP contribution is 2.38. The maximum atomic E-state index is 13.0. The van der Waals surface area contributed by atoms with Crippen molar-refractivity contribution in [2.75, 3.05) is 13.6 Å². The second kappa shape index (κ2) is 6.85. The van der Waals surface area contributed by atoms with Crippen LogP contribution in [0.5, 0.6) is 0 Å². The molecule has 0 aliphatic carbocycles. The van der Waals surface area contributed by atoms with Crippen molar-refractivity contribution in [1.29, 1.82) is 0 Å². The van der Waals surface area contributed by atoms with Gasteiger partial charge in [-0.2, -0.15) is 0 Å². The van der Waals surface area contributed by atoms with Crippen molar-refractivity contribution in [3.63, 3.8) is 0 Å². The Hall–Kier alpha value is -3.18. The van der Waals surface area contributed by atoms with Gasteiger partial charge in [0.25, 0.3) is 11.8 Å². The van der Waals surface area contributed by atoms with E-state index in [1.807, 2.05) is 60.8 Å². The lowest BCUT2D eigenvalue weighted by Crippen LogP contribution is -2.26. The third kappa shape index (κ3) is 2.76. The Kier molecular flexibility index (Phi) is 4.38. The minimum absolute atomic E-state index is 0.263. The van der Waals surface area contributed by atoms with E-state index in [1.54, 1.807) is 0 Å². The molecule has 0 saturated heterocycles. The molecule has 27 heavy (non-hydrogen) atoms. The number of imide groups is 1. The van der Waals surface area contributed by atoms with Crippen LogP contribution in [-0.2, 0) is 16.1 Å². The number of likely N-dealkylation sites (N-methyl/N-ethyl adjacent to an activating group) is 1. The van der Waals surface area contributed by atoms with Gasteiger partial charge in [0.1, 0.15) is 0 Å². The number of carbonyl (C=O) groups is 2. The number of hydrogen-bond acceptors (Lipinski definition) is 3. The molecule has 4 rings (SSSR count). The highest BCUT2D eigenvalue weighted by Gasteiger charge is 2.38. The lowest BCUT2D eigenvalue weighted by atomic mass is 9.96. The van der Waals surface area contributed by atoms with Gasteiger partial charge in [-0.05, 0) is 24.6 Å². The molecule has 2 aromatic carbocycles. The molecule has 0 spiro atoms. The lowest BCUT2D eigenvalue weighted by Gasteiger charge is -2.06. The molecular weight excluding hydrogens is 338 g/mol. The number of nitrogens with two attached hydrogens (primary N) is 1. The van der Waals surface area contributed by atoms with E-state index in [0.29, 0.717) is 17.7 Å². The molecule has 0 bridgehead atoms. The quantitative estimate of drug-likeness (QED) is 0.712. The molecule has 0 atom stereocenters. The number of carbonyl (C=O) groups excluding carboxylic acids is 2. The maximum Gasteiger partial charge on any atom is 0.261 e. The fraction of sp³-hybridized carbons (Fsp3) is 0.182. The molecule has 2 amide bonds. The first-order valence-corrected chi connectivity index (χ1v) is 9.04. The van der Waals surface area contributed by atoms with E-state index in [1.165, 1.54) is 11.9 Å². The normalized spacial score (nSPS) is 14.7. The predicted molar refractivity (Wildman–Crippen MR) is 107 cm³/mol. The van der Waals surface area contributed by atoms with Gasteiger partial charge in [-0.15, -0.1) is 0 Å². The van der Waals surface area contributed by atoms with Crippen molar-refractivity contribution in [1.82, 2.24) is 9.47 Å². The van der Waals surface area contributed by atoms with Crippen molar-refractivity contribution in [3.8, 4) is 0 Å². The molecule has 5 heteroatoms. The highest BCUT2D eigenvalue weighted by molar-refractivity contribution is 6.49. The van der Waals surface area contributed by atoms with E-state index in [4.69, 9.17) is 5.73 Å². The van der Waals surface area contributed by atoms with Crippen molar-refractivity contribution < 1.29 is 9.59 Å². The molecular formula is C22H21N3O2. The van der Waals surface area contributed by atoms with Crippen LogP contribution in [-0.4, -0.2) is 34.9 Å². The topological polar surface area (TPSA) is 68.3 Å². The van der Waals surface area contributed by atoms with E-state index in [-0.39, 0.29) is 11.8 Å². The summed E-state index contributed by atoms with van der Waals surface area (Å²) in [6.45, 7) is 1.36. The summed E-state index contributed by atoms with van der Waals surface area (Å²) in [5.74, 6) is -0.527. The first kappa shape index (κ1) is 17.2.